The van der Waals surface area contributed by atoms with Crippen molar-refractivity contribution in [2.45, 2.75) is 76.2 Å². The normalized spacial score (nSPS) is 13.7. The standard InChI is InChI=1S/C34H44N6O8S/c1-34(2,3)48-33(47)40-26(17-21-19-36-23-13-9-8-12-22(21)23)31(45)37-24(14-15-49-4)30(44)39-27(18-28(41)42)32(46)38-25(29(35)43)16-20-10-6-5-7-11-20/h5-13,19,24-27,36H,14-18H2,1-4H3,(H2,35,43)(H,37,45)(H,38,46)(H,39,44)(H,40,47)(H,41,42)/t24-,25+,26-,27-/m0/s1. The molecule has 0 aliphatic carbocycles. The van der Waals surface area contributed by atoms with Crippen LogP contribution < -0.4 is 27.0 Å². The summed E-state index contributed by atoms with van der Waals surface area (Å²) < 4.78 is 5.39. The number of hydrogen-bond acceptors (Lipinski definition) is 8. The van der Waals surface area contributed by atoms with Crippen LogP contribution in [0.4, 0.5) is 4.79 Å². The molecule has 14 nitrogen and oxygen atoms in total. The highest BCUT2D eigenvalue weighted by molar-refractivity contribution is 7.98. The molecule has 0 fully saturated rings. The molecule has 1 heterocycles. The van der Waals surface area contributed by atoms with E-state index in [0.29, 0.717) is 11.3 Å². The van der Waals surface area contributed by atoms with E-state index in [1.54, 1.807) is 63.6 Å². The number of benzene rings is 2. The maximum absolute atomic E-state index is 13.8. The summed E-state index contributed by atoms with van der Waals surface area (Å²) in [6.45, 7) is 5.04. The van der Waals surface area contributed by atoms with E-state index in [1.807, 2.05) is 24.3 Å². The number of para-hydroxylation sites is 1. The molecule has 0 aliphatic heterocycles. The molecule has 1 aromatic heterocycles. The number of carboxylic acids is 1. The summed E-state index contributed by atoms with van der Waals surface area (Å²) in [5.74, 6) is -4.28. The van der Waals surface area contributed by atoms with Crippen molar-refractivity contribution in [3.8, 4) is 0 Å². The van der Waals surface area contributed by atoms with Gasteiger partial charge in [-0.2, -0.15) is 11.8 Å². The van der Waals surface area contributed by atoms with Gasteiger partial charge in [-0.05, 0) is 56.4 Å². The lowest BCUT2D eigenvalue weighted by atomic mass is 10.0. The molecule has 0 saturated heterocycles. The molecule has 15 heteroatoms. The van der Waals surface area contributed by atoms with E-state index in [4.69, 9.17) is 10.5 Å². The quantitative estimate of drug-likeness (QED) is 0.110. The van der Waals surface area contributed by atoms with Crippen LogP contribution in [0.15, 0.2) is 60.8 Å². The molecule has 264 valence electrons. The highest BCUT2D eigenvalue weighted by atomic mass is 32.2. The van der Waals surface area contributed by atoms with E-state index in [2.05, 4.69) is 26.3 Å². The van der Waals surface area contributed by atoms with Gasteiger partial charge in [0.15, 0.2) is 0 Å². The molecule has 0 saturated carbocycles. The topological polar surface area (TPSA) is 222 Å². The molecule has 49 heavy (non-hydrogen) atoms. The summed E-state index contributed by atoms with van der Waals surface area (Å²) in [4.78, 5) is 80.4. The number of nitrogens with one attached hydrogen (secondary N) is 5. The lowest BCUT2D eigenvalue weighted by molar-refractivity contribution is -0.141. The lowest BCUT2D eigenvalue weighted by Crippen LogP contribution is -2.59. The minimum absolute atomic E-state index is 0.0462. The molecule has 0 aliphatic rings. The number of alkyl carbamates (subject to hydrolysis) is 1. The molecule has 0 radical (unpaired) electrons. The Balaban J connectivity index is 1.81. The summed E-state index contributed by atoms with van der Waals surface area (Å²) >= 11 is 1.40. The Bertz CT molecular complexity index is 1620. The number of aromatic amines is 1. The predicted molar refractivity (Wildman–Crippen MR) is 186 cm³/mol. The fraction of sp³-hybridized carbons (Fsp3) is 0.412. The van der Waals surface area contributed by atoms with Crippen molar-refractivity contribution in [3.05, 3.63) is 71.9 Å². The molecule has 3 aromatic rings. The monoisotopic (exact) mass is 696 g/mol. The molecule has 4 atom stereocenters. The zero-order valence-electron chi connectivity index (χ0n) is 27.9. The third-order valence-electron chi connectivity index (χ3n) is 7.30. The number of hydrogen-bond donors (Lipinski definition) is 7. The molecule has 3 rings (SSSR count). The maximum Gasteiger partial charge on any atom is 0.408 e. The number of ether oxygens (including phenoxy) is 1. The summed E-state index contributed by atoms with van der Waals surface area (Å²) in [5.41, 5.74) is 6.94. The first-order valence-electron chi connectivity index (χ1n) is 15.7. The van der Waals surface area contributed by atoms with E-state index in [9.17, 15) is 33.9 Å². The number of rotatable bonds is 17. The smallest absolute Gasteiger partial charge is 0.408 e. The first kappa shape index (κ1) is 38.4. The zero-order valence-corrected chi connectivity index (χ0v) is 28.7. The van der Waals surface area contributed by atoms with Crippen LogP contribution in [0, 0.1) is 0 Å². The summed E-state index contributed by atoms with van der Waals surface area (Å²) in [6.07, 6.45) is 2.10. The Hall–Kier alpha value is -5.05. The van der Waals surface area contributed by atoms with Crippen LogP contribution in [0.5, 0.6) is 0 Å². The van der Waals surface area contributed by atoms with Crippen LogP contribution in [0.1, 0.15) is 44.7 Å². The molecular weight excluding hydrogens is 652 g/mol. The number of nitrogens with two attached hydrogens (primary N) is 1. The third kappa shape index (κ3) is 12.5. The Morgan fingerprint density at radius 3 is 2.04 bits per heavy atom. The number of thioether (sulfide) groups is 1. The number of aliphatic carboxylic acids is 1. The van der Waals surface area contributed by atoms with Crippen molar-refractivity contribution in [1.29, 1.82) is 0 Å². The van der Waals surface area contributed by atoms with Crippen LogP contribution in [0.2, 0.25) is 0 Å². The van der Waals surface area contributed by atoms with Gasteiger partial charge in [-0.25, -0.2) is 4.79 Å². The fourth-order valence-electron chi connectivity index (χ4n) is 4.96. The Kier molecular flexibility index (Phi) is 14.0. The number of carbonyl (C=O) groups is 6. The van der Waals surface area contributed by atoms with Crippen LogP contribution in [0.25, 0.3) is 10.9 Å². The lowest BCUT2D eigenvalue weighted by Gasteiger charge is -2.26. The predicted octanol–water partition coefficient (Wildman–Crippen LogP) is 2.01. The summed E-state index contributed by atoms with van der Waals surface area (Å²) in [6, 6.07) is 11.0. The second kappa shape index (κ2) is 17.9. The first-order valence-corrected chi connectivity index (χ1v) is 17.1. The number of carbonyl (C=O) groups excluding carboxylic acids is 5. The Morgan fingerprint density at radius 2 is 1.41 bits per heavy atom. The van der Waals surface area contributed by atoms with Crippen LogP contribution >= 0.6 is 11.8 Å². The number of fused-ring (bicyclic) bond motifs is 1. The number of H-pyrrole nitrogens is 1. The molecular formula is C34H44N6O8S. The number of carboxylic acid groups (broad SMARTS) is 1. The average Bonchev–Trinajstić information content (AvgIpc) is 3.43. The number of aromatic nitrogens is 1. The largest absolute Gasteiger partial charge is 0.481 e. The Morgan fingerprint density at radius 1 is 0.816 bits per heavy atom. The van der Waals surface area contributed by atoms with Crippen LogP contribution in [-0.2, 0) is 41.6 Å². The second-order valence-corrected chi connectivity index (χ2v) is 13.4. The van der Waals surface area contributed by atoms with Crippen molar-refractivity contribution in [3.63, 3.8) is 0 Å². The molecule has 0 bridgehead atoms. The van der Waals surface area contributed by atoms with Crippen molar-refractivity contribution >= 4 is 58.4 Å². The SMILES string of the molecule is CSCC[C@H](NC(=O)[C@H](Cc1c[nH]c2ccccc12)NC(=O)OC(C)(C)C)C(=O)N[C@@H](CC(=O)O)C(=O)N[C@H](Cc1ccccc1)C(N)=O. The highest BCUT2D eigenvalue weighted by Crippen LogP contribution is 2.20. The minimum Gasteiger partial charge on any atom is -0.481 e. The molecule has 0 spiro atoms. The molecule has 8 N–H and O–H groups in total. The Labute approximate surface area is 288 Å². The van der Waals surface area contributed by atoms with Crippen molar-refractivity contribution in [2.75, 3.05) is 12.0 Å². The van der Waals surface area contributed by atoms with Gasteiger partial charge in [-0.3, -0.25) is 24.0 Å². The van der Waals surface area contributed by atoms with Gasteiger partial charge in [0.2, 0.25) is 23.6 Å². The number of primary amides is 1. The zero-order chi connectivity index (χ0) is 36.1. The van der Waals surface area contributed by atoms with Crippen LogP contribution in [0.3, 0.4) is 0 Å². The van der Waals surface area contributed by atoms with Crippen molar-refractivity contribution < 1.29 is 38.6 Å². The van der Waals surface area contributed by atoms with E-state index in [1.165, 1.54) is 11.8 Å². The minimum atomic E-state index is -1.60. The highest BCUT2D eigenvalue weighted by Gasteiger charge is 2.33. The average molecular weight is 697 g/mol. The van der Waals surface area contributed by atoms with Crippen LogP contribution in [-0.4, -0.2) is 87.6 Å². The van der Waals surface area contributed by atoms with E-state index >= 15 is 0 Å². The van der Waals surface area contributed by atoms with Crippen molar-refractivity contribution in [2.24, 2.45) is 5.73 Å². The first-order chi connectivity index (χ1) is 23.2. The van der Waals surface area contributed by atoms with Gasteiger partial charge in [0.1, 0.15) is 29.8 Å². The molecule has 0 unspecified atom stereocenters. The van der Waals surface area contributed by atoms with E-state index in [0.717, 1.165) is 16.5 Å². The fourth-order valence-corrected chi connectivity index (χ4v) is 5.43. The van der Waals surface area contributed by atoms with Gasteiger partial charge in [0.05, 0.1) is 6.42 Å². The van der Waals surface area contributed by atoms with Crippen molar-refractivity contribution in [1.82, 2.24) is 26.3 Å². The second-order valence-electron chi connectivity index (χ2n) is 12.4. The van der Waals surface area contributed by atoms with Gasteiger partial charge < -0.3 is 41.8 Å². The molecule has 2 aromatic carbocycles. The number of amides is 5. The van der Waals surface area contributed by atoms with E-state index in [-0.39, 0.29) is 19.3 Å². The van der Waals surface area contributed by atoms with Gasteiger partial charge in [-0.15, -0.1) is 0 Å². The van der Waals surface area contributed by atoms with E-state index < -0.39 is 71.9 Å². The van der Waals surface area contributed by atoms with Gasteiger partial charge in [0.25, 0.3) is 0 Å². The van der Waals surface area contributed by atoms with Gasteiger partial charge in [0, 0.05) is 29.9 Å². The summed E-state index contributed by atoms with van der Waals surface area (Å²) in [7, 11) is 0. The van der Waals surface area contributed by atoms with Gasteiger partial charge >= 0.3 is 12.1 Å². The maximum atomic E-state index is 13.8. The summed E-state index contributed by atoms with van der Waals surface area (Å²) in [5, 5.41) is 20.5. The third-order valence-corrected chi connectivity index (χ3v) is 7.95. The van der Waals surface area contributed by atoms with Gasteiger partial charge in [-0.1, -0.05) is 48.5 Å². The molecule has 5 amide bonds.